The monoisotopic (exact) mass is 349 g/mol. The van der Waals surface area contributed by atoms with Gasteiger partial charge in [0, 0.05) is 23.8 Å². The predicted octanol–water partition coefficient (Wildman–Crippen LogP) is 3.75. The molecule has 2 heterocycles. The van der Waals surface area contributed by atoms with Crippen LogP contribution in [-0.4, -0.2) is 22.5 Å². The summed E-state index contributed by atoms with van der Waals surface area (Å²) in [6.45, 7) is 4.62. The van der Waals surface area contributed by atoms with Crippen molar-refractivity contribution in [3.05, 3.63) is 46.2 Å². The van der Waals surface area contributed by atoms with E-state index in [0.717, 1.165) is 36.3 Å². The molecule has 0 saturated carbocycles. The number of aromatic nitrogens is 2. The van der Waals surface area contributed by atoms with Crippen LogP contribution in [0.4, 0.5) is 5.69 Å². The predicted molar refractivity (Wildman–Crippen MR) is 87.4 cm³/mol. The van der Waals surface area contributed by atoms with Crippen LogP contribution in [0.5, 0.6) is 0 Å². The molecule has 1 atom stereocenters. The van der Waals surface area contributed by atoms with E-state index in [0.29, 0.717) is 6.10 Å². The van der Waals surface area contributed by atoms with E-state index < -0.39 is 0 Å². The lowest BCUT2D eigenvalue weighted by Crippen LogP contribution is -2.15. The summed E-state index contributed by atoms with van der Waals surface area (Å²) in [4.78, 5) is 0. The number of nitrogens with zero attached hydrogens (tertiary/aromatic N) is 2. The lowest BCUT2D eigenvalue weighted by Gasteiger charge is -2.08. The Hall–Kier alpha value is -1.33. The van der Waals surface area contributed by atoms with E-state index in [4.69, 9.17) is 4.74 Å². The van der Waals surface area contributed by atoms with Gasteiger partial charge in [-0.05, 0) is 37.0 Å². The number of hydrogen-bond acceptors (Lipinski definition) is 3. The van der Waals surface area contributed by atoms with Gasteiger partial charge in [0.1, 0.15) is 0 Å². The highest BCUT2D eigenvalue weighted by Gasteiger charge is 2.16. The molecule has 2 aromatic rings. The van der Waals surface area contributed by atoms with E-state index in [1.54, 1.807) is 0 Å². The molecule has 0 aliphatic carbocycles. The molecular formula is C16H20BrN3O. The van der Waals surface area contributed by atoms with E-state index in [1.165, 1.54) is 17.5 Å². The van der Waals surface area contributed by atoms with Crippen molar-refractivity contribution in [1.29, 1.82) is 0 Å². The molecule has 1 aliphatic rings. The summed E-state index contributed by atoms with van der Waals surface area (Å²) < 4.78 is 8.74. The summed E-state index contributed by atoms with van der Waals surface area (Å²) in [7, 11) is 0. The Morgan fingerprint density at radius 2 is 2.38 bits per heavy atom. The summed E-state index contributed by atoms with van der Waals surface area (Å²) in [6, 6.07) is 6.42. The van der Waals surface area contributed by atoms with E-state index in [2.05, 4.69) is 51.5 Å². The van der Waals surface area contributed by atoms with Crippen LogP contribution in [0.15, 0.2) is 35.1 Å². The average Bonchev–Trinajstić information content (AvgIpc) is 3.13. The quantitative estimate of drug-likeness (QED) is 0.893. The lowest BCUT2D eigenvalue weighted by molar-refractivity contribution is 0.0940. The smallest absolute Gasteiger partial charge is 0.0771 e. The molecule has 1 aromatic heterocycles. The molecule has 1 aliphatic heterocycles. The fourth-order valence-electron chi connectivity index (χ4n) is 2.50. The Morgan fingerprint density at radius 1 is 1.48 bits per heavy atom. The molecule has 4 nitrogen and oxygen atoms in total. The summed E-state index contributed by atoms with van der Waals surface area (Å²) in [5.41, 5.74) is 3.55. The number of aryl methyl sites for hydroxylation is 1. The Labute approximate surface area is 133 Å². The Morgan fingerprint density at radius 3 is 3.14 bits per heavy atom. The van der Waals surface area contributed by atoms with Crippen LogP contribution in [0, 0.1) is 6.92 Å². The van der Waals surface area contributed by atoms with Crippen molar-refractivity contribution >= 4 is 21.6 Å². The van der Waals surface area contributed by atoms with Crippen molar-refractivity contribution in [3.63, 3.8) is 0 Å². The van der Waals surface area contributed by atoms with Gasteiger partial charge in [0.05, 0.1) is 24.5 Å². The molecule has 1 fully saturated rings. The van der Waals surface area contributed by atoms with Gasteiger partial charge in [-0.15, -0.1) is 0 Å². The van der Waals surface area contributed by atoms with Crippen LogP contribution in [-0.2, 0) is 17.8 Å². The van der Waals surface area contributed by atoms with Gasteiger partial charge < -0.3 is 10.1 Å². The zero-order valence-electron chi connectivity index (χ0n) is 12.2. The van der Waals surface area contributed by atoms with Gasteiger partial charge in [-0.2, -0.15) is 5.10 Å². The average molecular weight is 350 g/mol. The number of hydrogen-bond donors (Lipinski definition) is 1. The highest BCUT2D eigenvalue weighted by Crippen LogP contribution is 2.19. The maximum atomic E-state index is 5.63. The first-order valence-electron chi connectivity index (χ1n) is 7.33. The van der Waals surface area contributed by atoms with Crippen molar-refractivity contribution in [3.8, 4) is 0 Å². The molecule has 1 saturated heterocycles. The Bertz CT molecular complexity index is 605. The van der Waals surface area contributed by atoms with E-state index in [9.17, 15) is 0 Å². The van der Waals surface area contributed by atoms with E-state index >= 15 is 0 Å². The van der Waals surface area contributed by atoms with Gasteiger partial charge in [-0.25, -0.2) is 0 Å². The van der Waals surface area contributed by atoms with Crippen LogP contribution in [0.1, 0.15) is 24.0 Å². The fraction of sp³-hybridized carbons (Fsp3) is 0.438. The summed E-state index contributed by atoms with van der Waals surface area (Å²) in [6.07, 6.45) is 6.55. The van der Waals surface area contributed by atoms with E-state index in [-0.39, 0.29) is 0 Å². The molecule has 0 radical (unpaired) electrons. The first-order valence-corrected chi connectivity index (χ1v) is 8.13. The Kier molecular flexibility index (Phi) is 4.60. The van der Waals surface area contributed by atoms with Crippen LogP contribution >= 0.6 is 15.9 Å². The zero-order valence-corrected chi connectivity index (χ0v) is 13.8. The second-order valence-corrected chi connectivity index (χ2v) is 6.38. The van der Waals surface area contributed by atoms with Gasteiger partial charge in [0.2, 0.25) is 0 Å². The third-order valence-electron chi connectivity index (χ3n) is 3.78. The van der Waals surface area contributed by atoms with Crippen LogP contribution in [0.3, 0.4) is 0 Å². The lowest BCUT2D eigenvalue weighted by atomic mass is 10.1. The molecule has 0 bridgehead atoms. The fourth-order valence-corrected chi connectivity index (χ4v) is 2.93. The maximum absolute atomic E-state index is 5.63. The summed E-state index contributed by atoms with van der Waals surface area (Å²) in [5, 5.41) is 7.80. The first-order chi connectivity index (χ1) is 10.2. The molecular weight excluding hydrogens is 330 g/mol. The summed E-state index contributed by atoms with van der Waals surface area (Å²) >= 11 is 3.57. The topological polar surface area (TPSA) is 39.1 Å². The van der Waals surface area contributed by atoms with Gasteiger partial charge >= 0.3 is 0 Å². The first kappa shape index (κ1) is 14.6. The highest BCUT2D eigenvalue weighted by atomic mass is 79.9. The standard InChI is InChI=1S/C16H20BrN3O/c1-12-4-5-13(7-16(12)17)8-18-14-9-19-20(10-14)11-15-3-2-6-21-15/h4-5,7,9-10,15,18H,2-3,6,8,11H2,1H3. The maximum Gasteiger partial charge on any atom is 0.0771 e. The Balaban J connectivity index is 1.55. The SMILES string of the molecule is Cc1ccc(CNc2cnn(CC3CCCO3)c2)cc1Br. The number of anilines is 1. The van der Waals surface area contributed by atoms with Crippen LogP contribution < -0.4 is 5.32 Å². The zero-order chi connectivity index (χ0) is 14.7. The second kappa shape index (κ2) is 6.62. The van der Waals surface area contributed by atoms with Crippen LogP contribution in [0.2, 0.25) is 0 Å². The minimum absolute atomic E-state index is 0.325. The van der Waals surface area contributed by atoms with Crippen molar-refractivity contribution in [2.24, 2.45) is 0 Å². The number of benzene rings is 1. The normalized spacial score (nSPS) is 18.1. The second-order valence-electron chi connectivity index (χ2n) is 5.52. The summed E-state index contributed by atoms with van der Waals surface area (Å²) in [5.74, 6) is 0. The molecule has 3 rings (SSSR count). The largest absolute Gasteiger partial charge is 0.378 e. The minimum Gasteiger partial charge on any atom is -0.378 e. The van der Waals surface area contributed by atoms with Crippen molar-refractivity contribution in [1.82, 2.24) is 9.78 Å². The molecule has 1 aromatic carbocycles. The molecule has 112 valence electrons. The van der Waals surface area contributed by atoms with Gasteiger partial charge in [0.25, 0.3) is 0 Å². The number of ether oxygens (including phenoxy) is 1. The molecule has 0 amide bonds. The van der Waals surface area contributed by atoms with Crippen LogP contribution in [0.25, 0.3) is 0 Å². The van der Waals surface area contributed by atoms with Crippen molar-refractivity contribution in [2.75, 3.05) is 11.9 Å². The van der Waals surface area contributed by atoms with Gasteiger partial charge in [-0.3, -0.25) is 4.68 Å². The molecule has 0 spiro atoms. The third-order valence-corrected chi connectivity index (χ3v) is 4.64. The number of rotatable bonds is 5. The molecule has 1 unspecified atom stereocenters. The molecule has 1 N–H and O–H groups in total. The number of halogens is 1. The van der Waals surface area contributed by atoms with Crippen molar-refractivity contribution in [2.45, 2.75) is 39.0 Å². The van der Waals surface area contributed by atoms with Gasteiger partial charge in [-0.1, -0.05) is 28.1 Å². The van der Waals surface area contributed by atoms with Crippen molar-refractivity contribution < 1.29 is 4.74 Å². The highest BCUT2D eigenvalue weighted by molar-refractivity contribution is 9.10. The molecule has 21 heavy (non-hydrogen) atoms. The number of nitrogens with one attached hydrogen (secondary N) is 1. The minimum atomic E-state index is 0.325. The van der Waals surface area contributed by atoms with E-state index in [1.807, 2.05) is 17.1 Å². The third kappa shape index (κ3) is 3.86. The molecule has 5 heteroatoms. The van der Waals surface area contributed by atoms with Gasteiger partial charge in [0.15, 0.2) is 0 Å².